The summed E-state index contributed by atoms with van der Waals surface area (Å²) in [6, 6.07) is 10.7. The van der Waals surface area contributed by atoms with Gasteiger partial charge < -0.3 is 10.1 Å². The highest BCUT2D eigenvalue weighted by Gasteiger charge is 2.13. The normalized spacial score (nSPS) is 12.5. The van der Waals surface area contributed by atoms with Crippen molar-refractivity contribution in [1.82, 2.24) is 4.98 Å². The molecule has 0 aliphatic rings. The average Bonchev–Trinajstić information content (AvgIpc) is 3.13. The molecular weight excluding hydrogens is 300 g/mol. The Morgan fingerprint density at radius 1 is 1.29 bits per heavy atom. The summed E-state index contributed by atoms with van der Waals surface area (Å²) in [7, 11) is 0. The number of hydrogen-bond donors (Lipinski definition) is 1. The summed E-state index contributed by atoms with van der Waals surface area (Å²) in [5.41, 5.74) is 1.02. The summed E-state index contributed by atoms with van der Waals surface area (Å²) >= 11 is 3.47. The maximum Gasteiger partial charge on any atom is 0.184 e. The van der Waals surface area contributed by atoms with E-state index in [1.165, 1.54) is 4.88 Å². The highest BCUT2D eigenvalue weighted by molar-refractivity contribution is 7.22. The van der Waals surface area contributed by atoms with Crippen LogP contribution in [0, 0.1) is 0 Å². The summed E-state index contributed by atoms with van der Waals surface area (Å²) in [6.07, 6.45) is 1.04. The molecule has 21 heavy (non-hydrogen) atoms. The van der Waals surface area contributed by atoms with E-state index < -0.39 is 0 Å². The lowest BCUT2D eigenvalue weighted by molar-refractivity contribution is 0.341. The molecule has 0 amide bonds. The highest BCUT2D eigenvalue weighted by atomic mass is 32.1. The fourth-order valence-corrected chi connectivity index (χ4v) is 4.04. The van der Waals surface area contributed by atoms with Gasteiger partial charge in [0.2, 0.25) is 0 Å². The van der Waals surface area contributed by atoms with Gasteiger partial charge in [0, 0.05) is 4.88 Å². The third kappa shape index (κ3) is 3.19. The Morgan fingerprint density at radius 2 is 2.19 bits per heavy atom. The lowest BCUT2D eigenvalue weighted by Gasteiger charge is -2.13. The average molecular weight is 318 g/mol. The zero-order valence-electron chi connectivity index (χ0n) is 12.1. The molecule has 0 saturated carbocycles. The molecule has 0 spiro atoms. The Kier molecular flexibility index (Phi) is 4.41. The fraction of sp³-hybridized carbons (Fsp3) is 0.312. The van der Waals surface area contributed by atoms with Crippen molar-refractivity contribution in [2.24, 2.45) is 0 Å². The number of rotatable bonds is 6. The molecule has 1 N–H and O–H groups in total. The van der Waals surface area contributed by atoms with Crippen LogP contribution in [0.25, 0.3) is 10.2 Å². The summed E-state index contributed by atoms with van der Waals surface area (Å²) in [5, 5.41) is 6.64. The van der Waals surface area contributed by atoms with E-state index in [9.17, 15) is 0 Å². The largest absolute Gasteiger partial charge is 0.494 e. The van der Waals surface area contributed by atoms with Gasteiger partial charge in [0.25, 0.3) is 0 Å². The molecule has 0 saturated heterocycles. The van der Waals surface area contributed by atoms with Crippen molar-refractivity contribution >= 4 is 38.0 Å². The molecule has 0 aliphatic carbocycles. The van der Waals surface area contributed by atoms with Gasteiger partial charge in [-0.2, -0.15) is 0 Å². The number of benzene rings is 1. The minimum atomic E-state index is 0.330. The minimum absolute atomic E-state index is 0.330. The Bertz CT molecular complexity index is 706. The zero-order chi connectivity index (χ0) is 14.7. The SMILES string of the molecule is CCOc1ccc2nc(NC(CC)c3cccs3)sc2c1. The first-order valence-corrected chi connectivity index (χ1v) is 8.83. The number of ether oxygens (including phenoxy) is 1. The van der Waals surface area contributed by atoms with Crippen LogP contribution in [0.3, 0.4) is 0 Å². The number of aromatic nitrogens is 1. The molecule has 1 unspecified atom stereocenters. The standard InChI is InChI=1S/C16H18N2OS2/c1-3-12(14-6-5-9-20-14)17-16-18-13-8-7-11(19-4-2)10-15(13)21-16/h5-10,12H,3-4H2,1-2H3,(H,17,18). The van der Waals surface area contributed by atoms with Crippen LogP contribution in [0.4, 0.5) is 5.13 Å². The third-order valence-electron chi connectivity index (χ3n) is 3.26. The first-order chi connectivity index (χ1) is 10.3. The first-order valence-electron chi connectivity index (χ1n) is 7.13. The molecule has 0 bridgehead atoms. The van der Waals surface area contributed by atoms with Crippen molar-refractivity contribution in [2.45, 2.75) is 26.3 Å². The van der Waals surface area contributed by atoms with Crippen molar-refractivity contribution < 1.29 is 4.74 Å². The molecule has 1 atom stereocenters. The Labute approximate surface area is 132 Å². The molecule has 0 radical (unpaired) electrons. The van der Waals surface area contributed by atoms with Gasteiger partial charge in [-0.05, 0) is 43.0 Å². The number of nitrogens with one attached hydrogen (secondary N) is 1. The minimum Gasteiger partial charge on any atom is -0.494 e. The predicted molar refractivity (Wildman–Crippen MR) is 91.8 cm³/mol. The number of nitrogens with zero attached hydrogens (tertiary/aromatic N) is 1. The predicted octanol–water partition coefficient (Wildman–Crippen LogP) is 5.32. The van der Waals surface area contributed by atoms with Gasteiger partial charge in [-0.15, -0.1) is 11.3 Å². The molecule has 1 aromatic carbocycles. The fourth-order valence-electron chi connectivity index (χ4n) is 2.24. The van der Waals surface area contributed by atoms with Crippen LogP contribution >= 0.6 is 22.7 Å². The lowest BCUT2D eigenvalue weighted by Crippen LogP contribution is -2.07. The van der Waals surface area contributed by atoms with Crippen molar-refractivity contribution in [2.75, 3.05) is 11.9 Å². The van der Waals surface area contributed by atoms with Crippen molar-refractivity contribution in [1.29, 1.82) is 0 Å². The molecule has 110 valence electrons. The van der Waals surface area contributed by atoms with E-state index in [0.717, 1.165) is 27.5 Å². The summed E-state index contributed by atoms with van der Waals surface area (Å²) in [6.45, 7) is 4.88. The second-order valence-electron chi connectivity index (χ2n) is 4.70. The van der Waals surface area contributed by atoms with Gasteiger partial charge in [-0.3, -0.25) is 0 Å². The molecule has 0 fully saturated rings. The number of thiophene rings is 1. The molecule has 3 nitrogen and oxygen atoms in total. The second-order valence-corrected chi connectivity index (χ2v) is 6.71. The van der Waals surface area contributed by atoms with Crippen LogP contribution in [-0.4, -0.2) is 11.6 Å². The maximum atomic E-state index is 5.54. The van der Waals surface area contributed by atoms with Crippen LogP contribution in [0.2, 0.25) is 0 Å². The van der Waals surface area contributed by atoms with Crippen LogP contribution in [0.5, 0.6) is 5.75 Å². The molecule has 2 heterocycles. The second kappa shape index (κ2) is 6.45. The van der Waals surface area contributed by atoms with Gasteiger partial charge >= 0.3 is 0 Å². The number of hydrogen-bond acceptors (Lipinski definition) is 5. The van der Waals surface area contributed by atoms with Crippen molar-refractivity contribution in [3.05, 3.63) is 40.6 Å². The first kappa shape index (κ1) is 14.4. The van der Waals surface area contributed by atoms with Crippen molar-refractivity contribution in [3.8, 4) is 5.75 Å². The smallest absolute Gasteiger partial charge is 0.184 e. The monoisotopic (exact) mass is 318 g/mol. The van der Waals surface area contributed by atoms with Gasteiger partial charge in [-0.1, -0.05) is 24.3 Å². The van der Waals surface area contributed by atoms with E-state index in [4.69, 9.17) is 4.74 Å². The molecule has 3 rings (SSSR count). The topological polar surface area (TPSA) is 34.1 Å². The molecule has 2 aromatic heterocycles. The van der Waals surface area contributed by atoms with E-state index in [1.807, 2.05) is 19.1 Å². The Balaban J connectivity index is 1.83. The summed E-state index contributed by atoms with van der Waals surface area (Å²) in [4.78, 5) is 6.02. The molecular formula is C16H18N2OS2. The third-order valence-corrected chi connectivity index (χ3v) is 5.20. The van der Waals surface area contributed by atoms with Gasteiger partial charge in [0.15, 0.2) is 5.13 Å². The number of anilines is 1. The van der Waals surface area contributed by atoms with Crippen LogP contribution in [0.1, 0.15) is 31.2 Å². The van der Waals surface area contributed by atoms with Gasteiger partial charge in [0.1, 0.15) is 5.75 Å². The number of fused-ring (bicyclic) bond motifs is 1. The number of thiazole rings is 1. The molecule has 3 aromatic rings. The van der Waals surface area contributed by atoms with Crippen LogP contribution in [0.15, 0.2) is 35.7 Å². The van der Waals surface area contributed by atoms with E-state index in [2.05, 4.69) is 40.8 Å². The van der Waals surface area contributed by atoms with Gasteiger partial charge in [-0.25, -0.2) is 4.98 Å². The highest BCUT2D eigenvalue weighted by Crippen LogP contribution is 2.33. The lowest BCUT2D eigenvalue weighted by atomic mass is 10.2. The molecule has 5 heteroatoms. The van der Waals surface area contributed by atoms with E-state index in [-0.39, 0.29) is 0 Å². The Hall–Kier alpha value is -1.59. The van der Waals surface area contributed by atoms with Crippen LogP contribution < -0.4 is 10.1 Å². The van der Waals surface area contributed by atoms with Crippen LogP contribution in [-0.2, 0) is 0 Å². The zero-order valence-corrected chi connectivity index (χ0v) is 13.8. The summed E-state index contributed by atoms with van der Waals surface area (Å²) in [5.74, 6) is 0.908. The van der Waals surface area contributed by atoms with E-state index >= 15 is 0 Å². The van der Waals surface area contributed by atoms with Gasteiger partial charge in [0.05, 0.1) is 22.9 Å². The van der Waals surface area contributed by atoms with Crippen molar-refractivity contribution in [3.63, 3.8) is 0 Å². The maximum absolute atomic E-state index is 5.54. The van der Waals surface area contributed by atoms with E-state index in [1.54, 1.807) is 22.7 Å². The van der Waals surface area contributed by atoms with E-state index in [0.29, 0.717) is 12.6 Å². The summed E-state index contributed by atoms with van der Waals surface area (Å²) < 4.78 is 6.70. The quantitative estimate of drug-likeness (QED) is 0.668. The molecule has 0 aliphatic heterocycles. The Morgan fingerprint density at radius 3 is 2.90 bits per heavy atom.